The Bertz CT molecular complexity index is 462. The van der Waals surface area contributed by atoms with Crippen LogP contribution >= 0.6 is 0 Å². The van der Waals surface area contributed by atoms with Crippen LogP contribution in [-0.4, -0.2) is 23.3 Å². The van der Waals surface area contributed by atoms with Crippen LogP contribution in [0.3, 0.4) is 0 Å². The zero-order valence-corrected chi connectivity index (χ0v) is 9.97. The number of hydrogen-bond acceptors (Lipinski definition) is 3. The Balaban J connectivity index is 2.07. The molecule has 4 nitrogen and oxygen atoms in total. The second-order valence-corrected chi connectivity index (χ2v) is 3.96. The first-order chi connectivity index (χ1) is 8.29. The number of ether oxygens (including phenoxy) is 1. The van der Waals surface area contributed by atoms with E-state index in [-0.39, 0.29) is 0 Å². The summed E-state index contributed by atoms with van der Waals surface area (Å²) in [6, 6.07) is 7.91. The molecule has 0 aliphatic carbocycles. The van der Waals surface area contributed by atoms with Crippen LogP contribution in [0.1, 0.15) is 11.4 Å². The molecule has 90 valence electrons. The highest BCUT2D eigenvalue weighted by molar-refractivity contribution is 5.39. The maximum absolute atomic E-state index is 5.66. The molecule has 0 saturated heterocycles. The molecule has 1 aromatic heterocycles. The lowest BCUT2D eigenvalue weighted by Gasteiger charge is -2.08. The number of nitrogens with zero attached hydrogens (tertiary/aromatic N) is 2. The second kappa shape index (κ2) is 5.50. The van der Waals surface area contributed by atoms with Gasteiger partial charge in [0.15, 0.2) is 0 Å². The molecule has 0 radical (unpaired) electrons. The van der Waals surface area contributed by atoms with Gasteiger partial charge >= 0.3 is 0 Å². The Labute approximate surface area is 101 Å². The lowest BCUT2D eigenvalue weighted by Crippen LogP contribution is -2.07. The molecular weight excluding hydrogens is 214 g/mol. The number of aromatic nitrogens is 2. The van der Waals surface area contributed by atoms with Crippen molar-refractivity contribution in [1.29, 1.82) is 0 Å². The summed E-state index contributed by atoms with van der Waals surface area (Å²) >= 11 is 0. The molecule has 0 fully saturated rings. The average Bonchev–Trinajstić information content (AvgIpc) is 2.77. The maximum atomic E-state index is 5.66. The fraction of sp³-hybridized carbons (Fsp3) is 0.308. The smallest absolute Gasteiger partial charge is 0.111 e. The third-order valence-electron chi connectivity index (χ3n) is 2.66. The molecule has 0 aliphatic rings. The van der Waals surface area contributed by atoms with Gasteiger partial charge in [-0.2, -0.15) is 0 Å². The second-order valence-electron chi connectivity index (χ2n) is 3.96. The normalized spacial score (nSPS) is 10.6. The first-order valence-corrected chi connectivity index (χ1v) is 5.63. The van der Waals surface area contributed by atoms with Crippen molar-refractivity contribution in [2.75, 3.05) is 19.5 Å². The lowest BCUT2D eigenvalue weighted by molar-refractivity contribution is 0.199. The molecule has 0 aliphatic heterocycles. The van der Waals surface area contributed by atoms with Gasteiger partial charge in [0.2, 0.25) is 0 Å². The molecule has 4 heteroatoms. The standard InChI is InChI=1S/C13H17N3O/c1-17-9-6-13-15-7-8-16(13)10-11-2-4-12(14)5-3-11/h2-5,7-8H,6,9-10,14H2,1H3. The third kappa shape index (κ3) is 3.07. The Morgan fingerprint density at radius 3 is 2.76 bits per heavy atom. The molecule has 17 heavy (non-hydrogen) atoms. The van der Waals surface area contributed by atoms with E-state index >= 15 is 0 Å². The van der Waals surface area contributed by atoms with E-state index in [1.165, 1.54) is 5.56 Å². The first kappa shape index (κ1) is 11.7. The fourth-order valence-corrected chi connectivity index (χ4v) is 1.73. The van der Waals surface area contributed by atoms with Gasteiger partial charge in [-0.05, 0) is 17.7 Å². The van der Waals surface area contributed by atoms with Crippen LogP contribution in [-0.2, 0) is 17.7 Å². The summed E-state index contributed by atoms with van der Waals surface area (Å²) < 4.78 is 7.20. The minimum absolute atomic E-state index is 0.693. The minimum Gasteiger partial charge on any atom is -0.399 e. The summed E-state index contributed by atoms with van der Waals surface area (Å²) in [7, 11) is 1.70. The van der Waals surface area contributed by atoms with Crippen LogP contribution in [0.25, 0.3) is 0 Å². The summed E-state index contributed by atoms with van der Waals surface area (Å²) in [5.74, 6) is 1.05. The topological polar surface area (TPSA) is 53.1 Å². The van der Waals surface area contributed by atoms with E-state index in [1.807, 2.05) is 36.7 Å². The SMILES string of the molecule is COCCc1nccn1Cc1ccc(N)cc1. The van der Waals surface area contributed by atoms with Gasteiger partial charge in [-0.3, -0.25) is 0 Å². The third-order valence-corrected chi connectivity index (χ3v) is 2.66. The molecule has 2 rings (SSSR count). The predicted octanol–water partition coefficient (Wildman–Crippen LogP) is 1.70. The van der Waals surface area contributed by atoms with Crippen LogP contribution in [0.15, 0.2) is 36.7 Å². The highest BCUT2D eigenvalue weighted by atomic mass is 16.5. The number of benzene rings is 1. The summed E-state index contributed by atoms with van der Waals surface area (Å²) in [6.07, 6.45) is 4.64. The monoisotopic (exact) mass is 231 g/mol. The molecule has 2 N–H and O–H groups in total. The van der Waals surface area contributed by atoms with E-state index in [4.69, 9.17) is 10.5 Å². The quantitative estimate of drug-likeness (QED) is 0.797. The molecule has 1 heterocycles. The number of imidazole rings is 1. The summed E-state index contributed by atoms with van der Waals surface area (Å²) in [5.41, 5.74) is 7.67. The van der Waals surface area contributed by atoms with E-state index in [0.29, 0.717) is 6.61 Å². The minimum atomic E-state index is 0.693. The van der Waals surface area contributed by atoms with Gasteiger partial charge < -0.3 is 15.0 Å². The van der Waals surface area contributed by atoms with E-state index in [1.54, 1.807) is 7.11 Å². The van der Waals surface area contributed by atoms with Crippen molar-refractivity contribution < 1.29 is 4.74 Å². The van der Waals surface area contributed by atoms with Crippen LogP contribution < -0.4 is 5.73 Å². The molecular formula is C13H17N3O. The molecule has 0 amide bonds. The Hall–Kier alpha value is -1.81. The molecule has 1 aromatic carbocycles. The van der Waals surface area contributed by atoms with Gasteiger partial charge in [-0.1, -0.05) is 12.1 Å². The maximum Gasteiger partial charge on any atom is 0.111 e. The Morgan fingerprint density at radius 2 is 2.06 bits per heavy atom. The van der Waals surface area contributed by atoms with Crippen molar-refractivity contribution in [2.24, 2.45) is 0 Å². The van der Waals surface area contributed by atoms with Gasteiger partial charge in [0.05, 0.1) is 6.61 Å². The van der Waals surface area contributed by atoms with Crippen molar-refractivity contribution >= 4 is 5.69 Å². The molecule has 0 bridgehead atoms. The molecule has 2 aromatic rings. The van der Waals surface area contributed by atoms with E-state index in [2.05, 4.69) is 9.55 Å². The van der Waals surface area contributed by atoms with Crippen molar-refractivity contribution in [1.82, 2.24) is 9.55 Å². The van der Waals surface area contributed by atoms with E-state index < -0.39 is 0 Å². The number of hydrogen-bond donors (Lipinski definition) is 1. The zero-order valence-electron chi connectivity index (χ0n) is 9.97. The lowest BCUT2D eigenvalue weighted by atomic mass is 10.2. The number of methoxy groups -OCH3 is 1. The summed E-state index contributed by atoms with van der Waals surface area (Å²) in [5, 5.41) is 0. The van der Waals surface area contributed by atoms with Crippen molar-refractivity contribution in [3.63, 3.8) is 0 Å². The van der Waals surface area contributed by atoms with Gasteiger partial charge in [-0.15, -0.1) is 0 Å². The predicted molar refractivity (Wildman–Crippen MR) is 67.8 cm³/mol. The number of rotatable bonds is 5. The Kier molecular flexibility index (Phi) is 3.77. The largest absolute Gasteiger partial charge is 0.399 e. The van der Waals surface area contributed by atoms with Crippen molar-refractivity contribution in [3.8, 4) is 0 Å². The van der Waals surface area contributed by atoms with Crippen LogP contribution in [0, 0.1) is 0 Å². The van der Waals surface area contributed by atoms with Crippen LogP contribution in [0.4, 0.5) is 5.69 Å². The van der Waals surface area contributed by atoms with Crippen LogP contribution in [0.2, 0.25) is 0 Å². The zero-order chi connectivity index (χ0) is 12.1. The van der Waals surface area contributed by atoms with Crippen molar-refractivity contribution in [3.05, 3.63) is 48.0 Å². The highest BCUT2D eigenvalue weighted by Crippen LogP contribution is 2.09. The van der Waals surface area contributed by atoms with E-state index in [9.17, 15) is 0 Å². The summed E-state index contributed by atoms with van der Waals surface area (Å²) in [4.78, 5) is 4.33. The van der Waals surface area contributed by atoms with Gasteiger partial charge in [0.25, 0.3) is 0 Å². The van der Waals surface area contributed by atoms with Gasteiger partial charge in [-0.25, -0.2) is 4.98 Å². The average molecular weight is 231 g/mol. The number of nitrogens with two attached hydrogens (primary N) is 1. The summed E-state index contributed by atoms with van der Waals surface area (Å²) in [6.45, 7) is 1.51. The molecule has 0 spiro atoms. The van der Waals surface area contributed by atoms with E-state index in [0.717, 1.165) is 24.5 Å². The van der Waals surface area contributed by atoms with Crippen LogP contribution in [0.5, 0.6) is 0 Å². The Morgan fingerprint density at radius 1 is 1.29 bits per heavy atom. The number of anilines is 1. The van der Waals surface area contributed by atoms with Gasteiger partial charge in [0, 0.05) is 38.2 Å². The number of nitrogen functional groups attached to an aromatic ring is 1. The fourth-order valence-electron chi connectivity index (χ4n) is 1.73. The molecule has 0 atom stereocenters. The molecule has 0 unspecified atom stereocenters. The molecule has 0 saturated carbocycles. The van der Waals surface area contributed by atoms with Crippen molar-refractivity contribution in [2.45, 2.75) is 13.0 Å². The first-order valence-electron chi connectivity index (χ1n) is 5.63. The highest BCUT2D eigenvalue weighted by Gasteiger charge is 2.03. The van der Waals surface area contributed by atoms with Gasteiger partial charge in [0.1, 0.15) is 5.82 Å².